The maximum absolute atomic E-state index is 10.8. The van der Waals surface area contributed by atoms with Crippen LogP contribution in [-0.2, 0) is 22.7 Å². The number of carbonyl (C=O) groups is 1. The first-order valence-electron chi connectivity index (χ1n) is 10.5. The van der Waals surface area contributed by atoms with Gasteiger partial charge in [0.1, 0.15) is 31.8 Å². The van der Waals surface area contributed by atoms with Crippen LogP contribution in [0.25, 0.3) is 0 Å². The minimum atomic E-state index is -0.830. The van der Waals surface area contributed by atoms with E-state index in [-0.39, 0.29) is 13.0 Å². The van der Waals surface area contributed by atoms with Crippen molar-refractivity contribution in [3.8, 4) is 17.2 Å². The summed E-state index contributed by atoms with van der Waals surface area (Å²) in [5, 5.41) is 12.9. The second-order valence-electron chi connectivity index (χ2n) is 7.19. The van der Waals surface area contributed by atoms with Crippen molar-refractivity contribution in [2.45, 2.75) is 19.4 Å². The highest BCUT2D eigenvalue weighted by molar-refractivity contribution is 6.01. The van der Waals surface area contributed by atoms with Crippen molar-refractivity contribution < 1.29 is 28.9 Å². The summed E-state index contributed by atoms with van der Waals surface area (Å²) in [4.78, 5) is 15.7. The average molecular weight is 450 g/mol. The van der Waals surface area contributed by atoms with Crippen LogP contribution in [0.2, 0.25) is 0 Å². The number of benzene rings is 3. The zero-order valence-corrected chi connectivity index (χ0v) is 18.7. The van der Waals surface area contributed by atoms with Gasteiger partial charge in [-0.3, -0.25) is 4.79 Å². The predicted octanol–water partition coefficient (Wildman–Crippen LogP) is 4.72. The third-order valence-electron chi connectivity index (χ3n) is 4.86. The Labute approximate surface area is 193 Å². The van der Waals surface area contributed by atoms with Crippen molar-refractivity contribution >= 4 is 11.7 Å². The van der Waals surface area contributed by atoms with Gasteiger partial charge in [0, 0.05) is 12.0 Å². The lowest BCUT2D eigenvalue weighted by molar-refractivity contribution is -0.136. The van der Waals surface area contributed by atoms with Crippen LogP contribution < -0.4 is 14.2 Å². The molecular formula is C26H27NO6. The van der Waals surface area contributed by atoms with Crippen LogP contribution in [0.4, 0.5) is 0 Å². The average Bonchev–Trinajstić information content (AvgIpc) is 2.85. The first-order valence-corrected chi connectivity index (χ1v) is 10.5. The second kappa shape index (κ2) is 12.1. The largest absolute Gasteiger partial charge is 0.493 e. The molecule has 0 heterocycles. The molecule has 0 aromatic heterocycles. The molecular weight excluding hydrogens is 422 g/mol. The lowest BCUT2D eigenvalue weighted by Gasteiger charge is -2.13. The number of hydrogen-bond donors (Lipinski definition) is 1. The van der Waals surface area contributed by atoms with E-state index in [0.29, 0.717) is 36.0 Å². The number of carboxylic acid groups (broad SMARTS) is 1. The molecule has 0 spiro atoms. The van der Waals surface area contributed by atoms with Gasteiger partial charge in [0.25, 0.3) is 0 Å². The molecule has 0 atom stereocenters. The van der Waals surface area contributed by atoms with E-state index < -0.39 is 5.97 Å². The number of carboxylic acids is 1. The molecule has 0 radical (unpaired) electrons. The fourth-order valence-electron chi connectivity index (χ4n) is 3.14. The number of oxime groups is 1. The summed E-state index contributed by atoms with van der Waals surface area (Å²) >= 11 is 0. The van der Waals surface area contributed by atoms with Gasteiger partial charge in [0.2, 0.25) is 0 Å². The van der Waals surface area contributed by atoms with Crippen molar-refractivity contribution in [1.82, 2.24) is 0 Å². The predicted molar refractivity (Wildman–Crippen MR) is 125 cm³/mol. The minimum absolute atomic E-state index is 0.0714. The molecule has 0 unspecified atom stereocenters. The van der Waals surface area contributed by atoms with E-state index in [9.17, 15) is 4.79 Å². The molecule has 3 aromatic carbocycles. The van der Waals surface area contributed by atoms with Crippen LogP contribution in [-0.4, -0.2) is 37.6 Å². The van der Waals surface area contributed by atoms with Crippen LogP contribution in [0.15, 0.2) is 78.0 Å². The molecule has 0 aliphatic rings. The van der Waals surface area contributed by atoms with Gasteiger partial charge in [-0.2, -0.15) is 0 Å². The van der Waals surface area contributed by atoms with Crippen LogP contribution in [0.1, 0.15) is 23.1 Å². The summed E-state index contributed by atoms with van der Waals surface area (Å²) in [6.07, 6.45) is 0.510. The van der Waals surface area contributed by atoms with Gasteiger partial charge in [-0.1, -0.05) is 53.7 Å². The van der Waals surface area contributed by atoms with E-state index in [1.54, 1.807) is 19.2 Å². The summed E-state index contributed by atoms with van der Waals surface area (Å²) in [5.74, 6) is 1.05. The van der Waals surface area contributed by atoms with Gasteiger partial charge in [-0.15, -0.1) is 0 Å². The quantitative estimate of drug-likeness (QED) is 0.318. The normalized spacial score (nSPS) is 11.0. The SMILES string of the molecule is CO/N=C(\COc1ccc(COc2ccc(CCC(=O)O)cc2OC)cc1)c1ccccc1. The maximum atomic E-state index is 10.8. The van der Waals surface area contributed by atoms with Crippen LogP contribution in [0, 0.1) is 0 Å². The minimum Gasteiger partial charge on any atom is -0.493 e. The van der Waals surface area contributed by atoms with Gasteiger partial charge in [0.15, 0.2) is 11.5 Å². The number of methoxy groups -OCH3 is 1. The molecule has 0 saturated carbocycles. The first-order chi connectivity index (χ1) is 16.1. The number of ether oxygens (including phenoxy) is 3. The third-order valence-corrected chi connectivity index (χ3v) is 4.86. The van der Waals surface area contributed by atoms with Crippen molar-refractivity contribution in [2.75, 3.05) is 20.8 Å². The van der Waals surface area contributed by atoms with Crippen molar-refractivity contribution in [1.29, 1.82) is 0 Å². The topological polar surface area (TPSA) is 86.6 Å². The van der Waals surface area contributed by atoms with Gasteiger partial charge < -0.3 is 24.2 Å². The van der Waals surface area contributed by atoms with Crippen LogP contribution in [0.5, 0.6) is 17.2 Å². The summed E-state index contributed by atoms with van der Waals surface area (Å²) in [5.41, 5.74) is 3.49. The Morgan fingerprint density at radius 3 is 2.27 bits per heavy atom. The molecule has 7 heteroatoms. The molecule has 0 bridgehead atoms. The molecule has 33 heavy (non-hydrogen) atoms. The Morgan fingerprint density at radius 2 is 1.61 bits per heavy atom. The van der Waals surface area contributed by atoms with Crippen LogP contribution in [0.3, 0.4) is 0 Å². The Hall–Kier alpha value is -4.00. The fourth-order valence-corrected chi connectivity index (χ4v) is 3.14. The van der Waals surface area contributed by atoms with Gasteiger partial charge >= 0.3 is 5.97 Å². The standard InChI is InChI=1S/C26H27NO6/c1-30-25-16-19(11-15-26(28)29)10-14-24(25)33-17-20-8-12-22(13-9-20)32-18-23(27-31-2)21-6-4-3-5-7-21/h3-10,12-14,16H,11,15,17-18H2,1-2H3,(H,28,29)/b27-23+. The maximum Gasteiger partial charge on any atom is 0.303 e. The van der Waals surface area contributed by atoms with E-state index in [4.69, 9.17) is 24.2 Å². The number of aryl methyl sites for hydroxylation is 1. The number of rotatable bonds is 12. The Kier molecular flexibility index (Phi) is 8.71. The number of hydrogen-bond acceptors (Lipinski definition) is 6. The van der Waals surface area contributed by atoms with E-state index in [1.165, 1.54) is 7.11 Å². The van der Waals surface area contributed by atoms with E-state index >= 15 is 0 Å². The highest BCUT2D eigenvalue weighted by atomic mass is 16.6. The Bertz CT molecular complexity index is 1060. The fraction of sp³-hybridized carbons (Fsp3) is 0.231. The summed E-state index contributed by atoms with van der Waals surface area (Å²) in [6.45, 7) is 0.630. The molecule has 0 saturated heterocycles. The van der Waals surface area contributed by atoms with Gasteiger partial charge in [-0.05, 0) is 41.8 Å². The van der Waals surface area contributed by atoms with Gasteiger partial charge in [-0.25, -0.2) is 0 Å². The van der Waals surface area contributed by atoms with E-state index in [2.05, 4.69) is 5.16 Å². The zero-order chi connectivity index (χ0) is 23.5. The van der Waals surface area contributed by atoms with Crippen molar-refractivity contribution in [3.63, 3.8) is 0 Å². The molecule has 1 N–H and O–H groups in total. The molecule has 3 rings (SSSR count). The highest BCUT2D eigenvalue weighted by Gasteiger charge is 2.09. The molecule has 0 amide bonds. The Balaban J connectivity index is 1.56. The Morgan fingerprint density at radius 1 is 0.879 bits per heavy atom. The molecule has 172 valence electrons. The summed E-state index contributed by atoms with van der Waals surface area (Å²) in [6, 6.07) is 22.8. The molecule has 7 nitrogen and oxygen atoms in total. The third kappa shape index (κ3) is 7.28. The van der Waals surface area contributed by atoms with E-state index in [1.807, 2.05) is 60.7 Å². The van der Waals surface area contributed by atoms with Gasteiger partial charge in [0.05, 0.1) is 7.11 Å². The lowest BCUT2D eigenvalue weighted by Crippen LogP contribution is -2.13. The lowest BCUT2D eigenvalue weighted by atomic mass is 10.1. The van der Waals surface area contributed by atoms with E-state index in [0.717, 1.165) is 16.7 Å². The van der Waals surface area contributed by atoms with Crippen LogP contribution >= 0.6 is 0 Å². The summed E-state index contributed by atoms with van der Waals surface area (Å²) in [7, 11) is 3.07. The molecule has 0 fully saturated rings. The molecule has 0 aliphatic heterocycles. The molecule has 3 aromatic rings. The summed E-state index contributed by atoms with van der Waals surface area (Å²) < 4.78 is 17.2. The zero-order valence-electron chi connectivity index (χ0n) is 18.7. The molecule has 0 aliphatic carbocycles. The highest BCUT2D eigenvalue weighted by Crippen LogP contribution is 2.29. The van der Waals surface area contributed by atoms with Crippen molar-refractivity contribution in [3.05, 3.63) is 89.5 Å². The van der Waals surface area contributed by atoms with Crippen molar-refractivity contribution in [2.24, 2.45) is 5.16 Å². The number of aliphatic carboxylic acids is 1. The number of nitrogens with zero attached hydrogens (tertiary/aromatic N) is 1. The first kappa shape index (κ1) is 23.7. The smallest absolute Gasteiger partial charge is 0.303 e. The second-order valence-corrected chi connectivity index (χ2v) is 7.19. The monoisotopic (exact) mass is 449 g/mol.